The molecular weight excluding hydrogens is 673 g/mol. The molecule has 0 saturated heterocycles. The van der Waals surface area contributed by atoms with Gasteiger partial charge in [0.15, 0.2) is 0 Å². The lowest BCUT2D eigenvalue weighted by molar-refractivity contribution is 0.670. The summed E-state index contributed by atoms with van der Waals surface area (Å²) in [6.45, 7) is 0. The van der Waals surface area contributed by atoms with E-state index in [-0.39, 0.29) is 0 Å². The molecule has 0 unspecified atom stereocenters. The van der Waals surface area contributed by atoms with Crippen LogP contribution in [0.2, 0.25) is 0 Å². The monoisotopic (exact) mass is 702 g/mol. The van der Waals surface area contributed by atoms with Crippen LogP contribution in [-0.4, -0.2) is 0 Å². The molecule has 0 spiro atoms. The summed E-state index contributed by atoms with van der Waals surface area (Å²) in [6.07, 6.45) is 0. The molecule has 0 atom stereocenters. The van der Waals surface area contributed by atoms with Gasteiger partial charge in [-0.05, 0) is 119 Å². The number of hydrogen-bond donors (Lipinski definition) is 0. The van der Waals surface area contributed by atoms with Gasteiger partial charge in [-0.3, -0.25) is 0 Å². The molecule has 0 N–H and O–H groups in total. The number of thiophene rings is 1. The molecular formula is C52H30OS. The molecule has 54 heavy (non-hydrogen) atoms. The first-order chi connectivity index (χ1) is 26.7. The molecule has 12 aromatic rings. The number of furan rings is 1. The Balaban J connectivity index is 0.979. The smallest absolute Gasteiger partial charge is 0.136 e. The highest BCUT2D eigenvalue weighted by molar-refractivity contribution is 7.25. The van der Waals surface area contributed by atoms with Crippen LogP contribution < -0.4 is 0 Å². The molecule has 1 nitrogen and oxygen atoms in total. The lowest BCUT2D eigenvalue weighted by Crippen LogP contribution is -1.91. The van der Waals surface area contributed by atoms with E-state index in [4.69, 9.17) is 4.42 Å². The minimum atomic E-state index is 0.938. The number of benzene rings is 10. The second-order valence-corrected chi connectivity index (χ2v) is 15.5. The van der Waals surface area contributed by atoms with Crippen molar-refractivity contribution in [3.8, 4) is 33.4 Å². The van der Waals surface area contributed by atoms with Crippen LogP contribution in [0.4, 0.5) is 0 Å². The molecule has 0 aliphatic carbocycles. The van der Waals surface area contributed by atoms with Crippen molar-refractivity contribution >= 4 is 96.5 Å². The van der Waals surface area contributed by atoms with Crippen LogP contribution >= 0.6 is 11.3 Å². The predicted molar refractivity (Wildman–Crippen MR) is 233 cm³/mol. The molecule has 0 aliphatic heterocycles. The van der Waals surface area contributed by atoms with Gasteiger partial charge in [0.25, 0.3) is 0 Å². The van der Waals surface area contributed by atoms with Crippen molar-refractivity contribution in [2.75, 3.05) is 0 Å². The minimum Gasteiger partial charge on any atom is -0.456 e. The quantitative estimate of drug-likeness (QED) is 0.167. The lowest BCUT2D eigenvalue weighted by atomic mass is 9.85. The fourth-order valence-corrected chi connectivity index (χ4v) is 9.94. The summed E-state index contributed by atoms with van der Waals surface area (Å²) in [5, 5.41) is 14.9. The largest absolute Gasteiger partial charge is 0.456 e. The first-order valence-electron chi connectivity index (χ1n) is 18.5. The Bertz CT molecular complexity index is 3430. The van der Waals surface area contributed by atoms with Crippen molar-refractivity contribution in [1.29, 1.82) is 0 Å². The molecule has 250 valence electrons. The molecule has 2 aromatic heterocycles. The van der Waals surface area contributed by atoms with E-state index in [1.165, 1.54) is 107 Å². The molecule has 0 saturated carbocycles. The van der Waals surface area contributed by atoms with E-state index in [2.05, 4.69) is 182 Å². The average molecular weight is 703 g/mol. The summed E-state index contributed by atoms with van der Waals surface area (Å²) in [5.74, 6) is 0. The second-order valence-electron chi connectivity index (χ2n) is 14.4. The summed E-state index contributed by atoms with van der Waals surface area (Å²) in [5.41, 5.74) is 9.33. The number of fused-ring (bicyclic) bond motifs is 10. The van der Waals surface area contributed by atoms with Crippen LogP contribution in [0.3, 0.4) is 0 Å². The Morgan fingerprint density at radius 3 is 1.48 bits per heavy atom. The Morgan fingerprint density at radius 1 is 0.278 bits per heavy atom. The van der Waals surface area contributed by atoms with E-state index in [1.807, 2.05) is 11.3 Å². The van der Waals surface area contributed by atoms with E-state index < -0.39 is 0 Å². The fourth-order valence-electron chi connectivity index (χ4n) is 8.83. The minimum absolute atomic E-state index is 0.938. The molecule has 0 fully saturated rings. The highest BCUT2D eigenvalue weighted by Crippen LogP contribution is 2.45. The van der Waals surface area contributed by atoms with Gasteiger partial charge >= 0.3 is 0 Å². The zero-order valence-electron chi connectivity index (χ0n) is 29.1. The third kappa shape index (κ3) is 4.44. The van der Waals surface area contributed by atoms with Crippen LogP contribution in [0.25, 0.3) is 119 Å². The Labute approximate surface area is 314 Å². The van der Waals surface area contributed by atoms with Crippen LogP contribution in [0.15, 0.2) is 186 Å². The molecule has 0 bridgehead atoms. The standard InChI is InChI=1S/C52H30OS/c1-2-10-34-25-38(22-19-31(34)9-1)52-41-15-7-5-13-39(41)51(40-14-6-8-16-42(40)52)33-20-17-32(18-21-33)37-23-24-49-45(27-37)46-29-48-44(30-50(46)54-49)43-26-35-11-3-4-12-36(35)28-47(43)53-48/h1-30H. The topological polar surface area (TPSA) is 13.1 Å². The van der Waals surface area contributed by atoms with Crippen molar-refractivity contribution in [3.63, 3.8) is 0 Å². The van der Waals surface area contributed by atoms with Crippen molar-refractivity contribution in [2.45, 2.75) is 0 Å². The normalized spacial score (nSPS) is 12.1. The van der Waals surface area contributed by atoms with Gasteiger partial charge in [-0.15, -0.1) is 11.3 Å². The zero-order valence-corrected chi connectivity index (χ0v) is 30.0. The highest BCUT2D eigenvalue weighted by Gasteiger charge is 2.18. The molecule has 0 aliphatic rings. The summed E-state index contributed by atoms with van der Waals surface area (Å²) in [6, 6.07) is 66.9. The third-order valence-electron chi connectivity index (χ3n) is 11.4. The summed E-state index contributed by atoms with van der Waals surface area (Å²) in [7, 11) is 0. The van der Waals surface area contributed by atoms with Crippen molar-refractivity contribution in [3.05, 3.63) is 182 Å². The van der Waals surface area contributed by atoms with Gasteiger partial charge in [-0.1, -0.05) is 140 Å². The molecule has 12 rings (SSSR count). The maximum Gasteiger partial charge on any atom is 0.136 e. The van der Waals surface area contributed by atoms with Gasteiger partial charge in [0.2, 0.25) is 0 Å². The number of rotatable bonds is 3. The van der Waals surface area contributed by atoms with Crippen LogP contribution in [0, 0.1) is 0 Å². The van der Waals surface area contributed by atoms with Crippen molar-refractivity contribution < 1.29 is 4.42 Å². The SMILES string of the molecule is c1ccc2cc(-c3c4ccccc4c(-c4ccc(-c5ccc6sc7cc8c(cc7c6c5)oc5cc6ccccc6cc58)cc4)c4ccccc34)ccc2c1. The maximum absolute atomic E-state index is 6.47. The average Bonchev–Trinajstić information content (AvgIpc) is 3.76. The fraction of sp³-hybridized carbons (Fsp3) is 0. The first-order valence-corrected chi connectivity index (χ1v) is 19.3. The Kier molecular flexibility index (Phi) is 6.28. The van der Waals surface area contributed by atoms with E-state index >= 15 is 0 Å². The van der Waals surface area contributed by atoms with Gasteiger partial charge in [-0.2, -0.15) is 0 Å². The van der Waals surface area contributed by atoms with Crippen molar-refractivity contribution in [1.82, 2.24) is 0 Å². The van der Waals surface area contributed by atoms with Gasteiger partial charge in [0, 0.05) is 30.9 Å². The van der Waals surface area contributed by atoms with Gasteiger partial charge < -0.3 is 4.42 Å². The first kappa shape index (κ1) is 29.8. The van der Waals surface area contributed by atoms with Gasteiger partial charge in [0.1, 0.15) is 11.2 Å². The molecule has 2 heterocycles. The third-order valence-corrected chi connectivity index (χ3v) is 12.5. The van der Waals surface area contributed by atoms with Gasteiger partial charge in [-0.25, -0.2) is 0 Å². The van der Waals surface area contributed by atoms with Crippen LogP contribution in [-0.2, 0) is 0 Å². The van der Waals surface area contributed by atoms with Crippen LogP contribution in [0.1, 0.15) is 0 Å². The summed E-state index contributed by atoms with van der Waals surface area (Å²) in [4.78, 5) is 0. The van der Waals surface area contributed by atoms with Crippen molar-refractivity contribution in [2.24, 2.45) is 0 Å². The second kappa shape index (κ2) is 11.4. The predicted octanol–water partition coefficient (Wildman–Crippen LogP) is 15.6. The van der Waals surface area contributed by atoms with Crippen LogP contribution in [0.5, 0.6) is 0 Å². The van der Waals surface area contributed by atoms with Gasteiger partial charge in [0.05, 0.1) is 0 Å². The Hall–Kier alpha value is -6.74. The molecule has 0 amide bonds. The molecule has 2 heteroatoms. The Morgan fingerprint density at radius 2 is 0.778 bits per heavy atom. The molecule has 10 aromatic carbocycles. The van der Waals surface area contributed by atoms with E-state index in [0.29, 0.717) is 0 Å². The van der Waals surface area contributed by atoms with E-state index in [1.54, 1.807) is 0 Å². The lowest BCUT2D eigenvalue weighted by Gasteiger charge is -2.18. The number of hydrogen-bond acceptors (Lipinski definition) is 2. The summed E-state index contributed by atoms with van der Waals surface area (Å²) >= 11 is 1.86. The molecule has 0 radical (unpaired) electrons. The maximum atomic E-state index is 6.47. The zero-order chi connectivity index (χ0) is 35.3. The van der Waals surface area contributed by atoms with E-state index in [9.17, 15) is 0 Å². The summed E-state index contributed by atoms with van der Waals surface area (Å²) < 4.78 is 9.05. The highest BCUT2D eigenvalue weighted by atomic mass is 32.1. The van der Waals surface area contributed by atoms with E-state index in [0.717, 1.165) is 11.2 Å².